The van der Waals surface area contributed by atoms with Crippen molar-refractivity contribution in [2.24, 2.45) is 59.0 Å². The fraction of sp³-hybridized carbons (Fsp3) is 0.557. The largest absolute Gasteiger partial charge is 0.508 e. The Kier molecular flexibility index (Phi) is 49.2. The first-order valence-corrected chi connectivity index (χ1v) is 46.8. The molecule has 18 N–H and O–H groups in total. The number of amides is 8. The van der Waals surface area contributed by atoms with E-state index in [4.69, 9.17) is 5.73 Å². The molecule has 8 amide bonds. The third-order valence-electron chi connectivity index (χ3n) is 23.8. The molecule has 4 aromatic rings. The molecule has 0 fully saturated rings. The number of Topliss-reactive ketones (excluding diaryl/α,β-unsaturated/α-hetero) is 8. The predicted octanol–water partition coefficient (Wildman–Crippen LogP) is 3.65. The first-order valence-electron chi connectivity index (χ1n) is 45.7. The molecule has 16 atom stereocenters. The number of carbonyl (C=O) groups is 19. The van der Waals surface area contributed by atoms with Crippen LogP contribution in [0.1, 0.15) is 192 Å². The van der Waals surface area contributed by atoms with Gasteiger partial charge in [-0.1, -0.05) is 119 Å². The summed E-state index contributed by atoms with van der Waals surface area (Å²) in [6, 6.07) is 18.0. The first-order chi connectivity index (χ1) is 63.9. The number of nitrogens with two attached hydrogens (primary N) is 1. The summed E-state index contributed by atoms with van der Waals surface area (Å²) >= 11 is 1.000. The normalized spacial score (nSPS) is 15.4. The molecule has 0 bridgehead atoms. The highest BCUT2D eigenvalue weighted by Gasteiger charge is 2.41. The van der Waals surface area contributed by atoms with Crippen molar-refractivity contribution in [2.75, 3.05) is 44.4 Å². The molecule has 0 aromatic heterocycles. The van der Waals surface area contributed by atoms with Crippen LogP contribution in [0.2, 0.25) is 0 Å². The van der Waals surface area contributed by atoms with Crippen molar-refractivity contribution in [1.29, 1.82) is 0 Å². The van der Waals surface area contributed by atoms with Gasteiger partial charge in [0.2, 0.25) is 47.3 Å². The second-order valence-corrected chi connectivity index (χ2v) is 36.5. The summed E-state index contributed by atoms with van der Waals surface area (Å²) in [4.78, 5) is 262. The van der Waals surface area contributed by atoms with Gasteiger partial charge in [0.25, 0.3) is 0 Å². The van der Waals surface area contributed by atoms with Crippen molar-refractivity contribution in [3.05, 3.63) is 131 Å². The van der Waals surface area contributed by atoms with Crippen LogP contribution in [0, 0.1) is 53.3 Å². The number of aliphatic hydroxyl groups excluding tert-OH is 4. The van der Waals surface area contributed by atoms with Gasteiger partial charge in [-0.05, 0) is 143 Å². The monoisotopic (exact) mass is 1900 g/mol. The van der Waals surface area contributed by atoms with Gasteiger partial charge in [-0.2, -0.15) is 0 Å². The van der Waals surface area contributed by atoms with E-state index in [0.717, 1.165) is 36.7 Å². The quantitative estimate of drug-likeness (QED) is 0.0280. The van der Waals surface area contributed by atoms with Crippen molar-refractivity contribution in [3.8, 4) is 11.5 Å². The van der Waals surface area contributed by atoms with E-state index in [2.05, 4.69) is 37.2 Å². The highest BCUT2D eigenvalue weighted by atomic mass is 32.2. The minimum absolute atomic E-state index is 0.0251. The number of aliphatic hydroxyl groups is 4. The number of carbonyl (C=O) groups excluding carboxylic acids is 16. The van der Waals surface area contributed by atoms with Crippen LogP contribution in [0.25, 0.3) is 0 Å². The third-order valence-corrected chi connectivity index (χ3v) is 24.8. The summed E-state index contributed by atoms with van der Waals surface area (Å²) in [6.07, 6.45) is -9.32. The Balaban J connectivity index is 1.28. The van der Waals surface area contributed by atoms with Gasteiger partial charge in [-0.3, -0.25) is 91.1 Å². The van der Waals surface area contributed by atoms with Crippen molar-refractivity contribution in [1.82, 2.24) is 42.1 Å². The number of phenolic OH excluding ortho intramolecular Hbond substituents is 2. The second kappa shape index (κ2) is 58.4. The number of hydrogen-bond acceptors (Lipinski definition) is 27. The zero-order valence-electron chi connectivity index (χ0n) is 77.6. The Bertz CT molecular complexity index is 4700. The van der Waals surface area contributed by atoms with Crippen LogP contribution in [0.15, 0.2) is 103 Å². The molecule has 0 unspecified atom stereocenters. The van der Waals surface area contributed by atoms with Gasteiger partial charge in [0.05, 0.1) is 116 Å². The number of ketones is 8. The molecule has 1 aliphatic rings. The number of aliphatic carboxylic acids is 3. The van der Waals surface area contributed by atoms with Crippen molar-refractivity contribution >= 4 is 123 Å². The van der Waals surface area contributed by atoms with Gasteiger partial charge in [-0.15, -0.1) is 11.8 Å². The Morgan fingerprint density at radius 2 is 0.904 bits per heavy atom. The van der Waals surface area contributed by atoms with Crippen LogP contribution in [0.3, 0.4) is 0 Å². The lowest BCUT2D eigenvalue weighted by Gasteiger charge is -2.28. The van der Waals surface area contributed by atoms with E-state index < -0.39 is 280 Å². The zero-order valence-corrected chi connectivity index (χ0v) is 78.4. The third kappa shape index (κ3) is 40.7. The van der Waals surface area contributed by atoms with E-state index in [0.29, 0.717) is 56.4 Å². The molecule has 38 heteroatoms. The molecule has 1 aliphatic heterocycles. The van der Waals surface area contributed by atoms with Gasteiger partial charge in [0, 0.05) is 88.8 Å². The second-order valence-electron chi connectivity index (χ2n) is 35.5. The smallest absolute Gasteiger partial charge is 0.304 e. The maximum absolute atomic E-state index is 14.9. The molecule has 5 rings (SSSR count). The van der Waals surface area contributed by atoms with Gasteiger partial charge < -0.3 is 93.8 Å². The van der Waals surface area contributed by atoms with Crippen molar-refractivity contribution in [3.63, 3.8) is 0 Å². The van der Waals surface area contributed by atoms with Crippen LogP contribution in [0.5, 0.6) is 11.5 Å². The highest BCUT2D eigenvalue weighted by molar-refractivity contribution is 8.00. The van der Waals surface area contributed by atoms with Gasteiger partial charge in [0.1, 0.15) is 29.1 Å². The van der Waals surface area contributed by atoms with E-state index in [9.17, 15) is 137 Å². The molecule has 0 aliphatic carbocycles. The van der Waals surface area contributed by atoms with Gasteiger partial charge in [0.15, 0.2) is 34.7 Å². The molecule has 0 spiro atoms. The lowest BCUT2D eigenvalue weighted by molar-refractivity contribution is -0.143. The maximum atomic E-state index is 14.9. The van der Waals surface area contributed by atoms with Crippen LogP contribution in [-0.2, 0) is 123 Å². The van der Waals surface area contributed by atoms with Gasteiger partial charge >= 0.3 is 17.9 Å². The number of nitrogens with one attached hydrogen (secondary N) is 7. The van der Waals surface area contributed by atoms with Crippen LogP contribution in [0.4, 0.5) is 0 Å². The average Bonchev–Trinajstić information content (AvgIpc) is 0.826. The van der Waals surface area contributed by atoms with E-state index in [-0.39, 0.29) is 97.2 Å². The predicted molar refractivity (Wildman–Crippen MR) is 494 cm³/mol. The lowest BCUT2D eigenvalue weighted by Crippen LogP contribution is -2.52. The van der Waals surface area contributed by atoms with Crippen LogP contribution >= 0.6 is 11.8 Å². The number of fused-ring (bicyclic) bond motifs is 1. The number of hydrogen-bond donors (Lipinski definition) is 17. The molecule has 740 valence electrons. The number of phenols is 2. The molecule has 37 nitrogen and oxygen atoms in total. The maximum Gasteiger partial charge on any atom is 0.304 e. The number of carboxylic acid groups (broad SMARTS) is 3. The Hall–Kier alpha value is -11.8. The summed E-state index contributed by atoms with van der Waals surface area (Å²) in [5, 5.41) is 111. The molecule has 135 heavy (non-hydrogen) atoms. The summed E-state index contributed by atoms with van der Waals surface area (Å²) in [5.74, 6) is -29.9. The number of nitrogens with zero attached hydrogens (tertiary/aromatic N) is 1. The topological polar surface area (TPSA) is 620 Å². The van der Waals surface area contributed by atoms with Gasteiger partial charge in [-0.25, -0.2) is 0 Å². The summed E-state index contributed by atoms with van der Waals surface area (Å²) < 4.78 is 0. The first kappa shape index (κ1) is 114. The van der Waals surface area contributed by atoms with E-state index in [1.807, 2.05) is 24.3 Å². The molecule has 4 aromatic carbocycles. The molecular weight excluding hydrogens is 1770 g/mol. The Morgan fingerprint density at radius 3 is 1.44 bits per heavy atom. The Labute approximate surface area is 789 Å². The Morgan fingerprint density at radius 1 is 0.430 bits per heavy atom. The van der Waals surface area contributed by atoms with Crippen LogP contribution < -0.4 is 43.0 Å². The molecule has 0 radical (unpaired) electrons. The number of aromatic hydroxyl groups is 2. The van der Waals surface area contributed by atoms with Crippen LogP contribution in [-0.4, -0.2) is 255 Å². The fourth-order valence-electron chi connectivity index (χ4n) is 15.7. The van der Waals surface area contributed by atoms with E-state index in [1.165, 1.54) is 48.5 Å². The number of carboxylic acids is 3. The molecule has 0 saturated heterocycles. The summed E-state index contributed by atoms with van der Waals surface area (Å²) in [7, 11) is 0. The number of thioether (sulfide) groups is 1. The number of rotatable bonds is 67. The minimum Gasteiger partial charge on any atom is -0.508 e. The van der Waals surface area contributed by atoms with E-state index >= 15 is 0 Å². The zero-order chi connectivity index (χ0) is 100. The standard InChI is InChI=1S/C97H133N9O28S/c1-8-56(4)90(85(120)42-66(36-61-23-28-70(111)29-24-61)93(130)101-77(35-55(2)3)81(116)40-67(45-88(124)125)92(129)100-57(5)17-14-15-33-98)105-95(132)69(51-107)43-82(117)78(38-62-25-30-71(112)31-26-62)102-94(131)68(46-89(126)127)41-83(118)80(52-108)104-97(134)76(59(7)110)48-84(119)79(37-60-18-10-9-11-19-60)103-96(133)75(58(6)109)47-73(114)49-99-91(128)64(27-32-87(122)123)39-74(115)54-135-53-72(113)22-16-34-106-50-65-21-13-12-20-63(65)44-86(106)121/h9-13,18-21,23-26,28-31,55-59,64,66-69,75-80,90,107-112H,8,14-17,22,27,32-54,98H2,1-7H3,(H,99,128)(H,100,129)(H,101,130)(H,102,131)(H,103,133)(H,104,134)(H,105,132)(H,122,123)(H,124,125)(H,126,127)/t56-,57+,58+,59+,64+,66+,67-,68-,69-,75-,76-,77-,78-,79-,80-,90-/m0/s1. The lowest BCUT2D eigenvalue weighted by atomic mass is 9.85. The van der Waals surface area contributed by atoms with Crippen molar-refractivity contribution < 1.29 is 137 Å². The number of benzene rings is 4. The fourth-order valence-corrected chi connectivity index (χ4v) is 16.5. The highest BCUT2D eigenvalue weighted by Crippen LogP contribution is 2.28. The van der Waals surface area contributed by atoms with E-state index in [1.54, 1.807) is 69.9 Å². The molecular formula is C97H133N9O28S. The average molecular weight is 1910 g/mol. The van der Waals surface area contributed by atoms with Crippen molar-refractivity contribution in [2.45, 2.75) is 245 Å². The minimum atomic E-state index is -1.99. The molecule has 1 heterocycles. The number of unbranched alkanes of at least 4 members (excludes halogenated alkanes) is 1. The summed E-state index contributed by atoms with van der Waals surface area (Å²) in [6.45, 7) is 8.96. The SMILES string of the molecule is CC[C@H](C)[C@H](NC(=O)[C@H](CO)CC(=O)[C@H](Cc1ccc(O)cc1)NC(=O)[C@H](CC(=O)O)CC(=O)[C@H](CO)NC(=O)[C@@H](CC(=O)[C@H](Cc1ccccc1)NC(=O)[C@@H](CC(=O)CNC(=O)[C@H](CCC(=O)O)CC(=O)CSCC(=O)CCCN1Cc2ccccc2CC1=O)[C@@H](C)O)[C@@H](C)O)C(=O)C[C@@H](Cc1ccc(O)cc1)C(=O)N[C@@H](CC(C)C)C(=O)C[C@@H](CC(=O)O)C(=O)N[C@H](C)CCCCN. The molecule has 0 saturated carbocycles. The summed E-state index contributed by atoms with van der Waals surface area (Å²) in [5.41, 5.74) is 8.76.